The van der Waals surface area contributed by atoms with E-state index in [1.54, 1.807) is 23.7 Å². The van der Waals surface area contributed by atoms with Crippen molar-refractivity contribution in [2.24, 2.45) is 5.73 Å². The van der Waals surface area contributed by atoms with Crippen LogP contribution >= 0.6 is 11.3 Å². The predicted molar refractivity (Wildman–Crippen MR) is 77.1 cm³/mol. The molecule has 0 aliphatic rings. The van der Waals surface area contributed by atoms with Gasteiger partial charge in [0.05, 0.1) is 17.5 Å². The molecule has 0 saturated heterocycles. The third-order valence-electron chi connectivity index (χ3n) is 2.75. The summed E-state index contributed by atoms with van der Waals surface area (Å²) in [7, 11) is 0. The number of carbonyl (C=O) groups excluding carboxylic acids is 2. The van der Waals surface area contributed by atoms with Gasteiger partial charge in [0.25, 0.3) is 11.8 Å². The molecule has 106 valence electrons. The monoisotopic (exact) mass is 302 g/mol. The number of amides is 2. The van der Waals surface area contributed by atoms with Crippen molar-refractivity contribution in [1.29, 1.82) is 0 Å². The van der Waals surface area contributed by atoms with Gasteiger partial charge in [-0.05, 0) is 12.1 Å². The van der Waals surface area contributed by atoms with Crippen LogP contribution in [0.4, 0.5) is 5.13 Å². The predicted octanol–water partition coefficient (Wildman–Crippen LogP) is 2.08. The molecular formula is C13H10N4O3S. The summed E-state index contributed by atoms with van der Waals surface area (Å²) in [5.74, 6) is -0.832. The summed E-state index contributed by atoms with van der Waals surface area (Å²) >= 11 is 1.28. The Hall–Kier alpha value is -2.87. The molecule has 0 atom stereocenters. The number of aromatic amines is 1. The average Bonchev–Trinajstić information content (AvgIpc) is 3.20. The Morgan fingerprint density at radius 1 is 1.43 bits per heavy atom. The van der Waals surface area contributed by atoms with Crippen LogP contribution in [0.1, 0.15) is 20.8 Å². The molecular weight excluding hydrogens is 292 g/mol. The molecule has 3 rings (SSSR count). The van der Waals surface area contributed by atoms with Gasteiger partial charge >= 0.3 is 0 Å². The first-order valence-corrected chi connectivity index (χ1v) is 6.79. The molecule has 2 amide bonds. The van der Waals surface area contributed by atoms with Crippen LogP contribution in [-0.2, 0) is 0 Å². The van der Waals surface area contributed by atoms with E-state index in [1.165, 1.54) is 23.9 Å². The van der Waals surface area contributed by atoms with Gasteiger partial charge in [0.2, 0.25) is 0 Å². The van der Waals surface area contributed by atoms with Crippen molar-refractivity contribution in [2.75, 3.05) is 5.32 Å². The maximum atomic E-state index is 11.8. The molecule has 0 fully saturated rings. The summed E-state index contributed by atoms with van der Waals surface area (Å²) in [4.78, 5) is 29.9. The Labute approximate surface area is 122 Å². The van der Waals surface area contributed by atoms with Gasteiger partial charge in [-0.2, -0.15) is 0 Å². The maximum Gasteiger partial charge on any atom is 0.265 e. The molecule has 0 aliphatic carbocycles. The van der Waals surface area contributed by atoms with E-state index >= 15 is 0 Å². The fourth-order valence-corrected chi connectivity index (χ4v) is 2.43. The molecule has 7 nitrogen and oxygen atoms in total. The zero-order chi connectivity index (χ0) is 14.8. The summed E-state index contributed by atoms with van der Waals surface area (Å²) in [6.45, 7) is 0. The van der Waals surface area contributed by atoms with Gasteiger partial charge in [0.1, 0.15) is 12.0 Å². The van der Waals surface area contributed by atoms with Gasteiger partial charge in [-0.25, -0.2) is 4.98 Å². The molecule has 8 heteroatoms. The van der Waals surface area contributed by atoms with Crippen molar-refractivity contribution < 1.29 is 14.0 Å². The Balaban J connectivity index is 1.76. The van der Waals surface area contributed by atoms with Gasteiger partial charge in [-0.1, -0.05) is 0 Å². The number of nitrogens with zero attached hydrogens (tertiary/aromatic N) is 1. The third-order valence-corrected chi connectivity index (χ3v) is 3.51. The highest BCUT2D eigenvalue weighted by molar-refractivity contribution is 7.14. The fourth-order valence-electron chi connectivity index (χ4n) is 1.71. The number of thiazole rings is 1. The zero-order valence-corrected chi connectivity index (χ0v) is 11.4. The minimum Gasteiger partial charge on any atom is -0.472 e. The molecule has 3 aromatic rings. The van der Waals surface area contributed by atoms with E-state index in [9.17, 15) is 9.59 Å². The van der Waals surface area contributed by atoms with Crippen molar-refractivity contribution in [2.45, 2.75) is 0 Å². The Morgan fingerprint density at radius 2 is 2.29 bits per heavy atom. The zero-order valence-electron chi connectivity index (χ0n) is 10.6. The summed E-state index contributed by atoms with van der Waals surface area (Å²) < 4.78 is 4.85. The van der Waals surface area contributed by atoms with Crippen LogP contribution in [0.5, 0.6) is 0 Å². The van der Waals surface area contributed by atoms with Crippen molar-refractivity contribution in [3.05, 3.63) is 47.5 Å². The molecule has 0 aromatic carbocycles. The Bertz CT molecular complexity index is 788. The van der Waals surface area contributed by atoms with E-state index in [0.29, 0.717) is 22.1 Å². The number of hydrogen-bond acceptors (Lipinski definition) is 5. The van der Waals surface area contributed by atoms with E-state index in [2.05, 4.69) is 15.3 Å². The molecule has 0 radical (unpaired) electrons. The fraction of sp³-hybridized carbons (Fsp3) is 0. The number of carbonyl (C=O) groups is 2. The molecule has 3 heterocycles. The van der Waals surface area contributed by atoms with Crippen LogP contribution in [0, 0.1) is 0 Å². The third kappa shape index (κ3) is 2.70. The van der Waals surface area contributed by atoms with E-state index < -0.39 is 5.91 Å². The minimum atomic E-state index is -0.537. The largest absolute Gasteiger partial charge is 0.472 e. The highest BCUT2D eigenvalue weighted by Crippen LogP contribution is 2.25. The number of aromatic nitrogens is 2. The highest BCUT2D eigenvalue weighted by Gasteiger charge is 2.12. The van der Waals surface area contributed by atoms with E-state index in [0.717, 1.165) is 5.56 Å². The van der Waals surface area contributed by atoms with E-state index in [4.69, 9.17) is 10.2 Å². The number of hydrogen-bond donors (Lipinski definition) is 3. The number of H-pyrrole nitrogens is 1. The molecule has 0 unspecified atom stereocenters. The first-order chi connectivity index (χ1) is 10.1. The lowest BCUT2D eigenvalue weighted by Crippen LogP contribution is -2.10. The van der Waals surface area contributed by atoms with Crippen LogP contribution in [0.15, 0.2) is 40.7 Å². The van der Waals surface area contributed by atoms with Crippen molar-refractivity contribution in [3.63, 3.8) is 0 Å². The SMILES string of the molecule is NC(=O)c1cc(-c2csc(NC(=O)c3ccoc3)n2)c[nH]1. The highest BCUT2D eigenvalue weighted by atomic mass is 32.1. The average molecular weight is 302 g/mol. The van der Waals surface area contributed by atoms with E-state index in [-0.39, 0.29) is 5.91 Å². The molecule has 0 spiro atoms. The molecule has 0 saturated carbocycles. The second-order valence-electron chi connectivity index (χ2n) is 4.17. The van der Waals surface area contributed by atoms with Crippen molar-refractivity contribution in [1.82, 2.24) is 9.97 Å². The van der Waals surface area contributed by atoms with Crippen molar-refractivity contribution >= 4 is 28.3 Å². The van der Waals surface area contributed by atoms with Gasteiger partial charge < -0.3 is 15.1 Å². The lowest BCUT2D eigenvalue weighted by molar-refractivity contribution is 0.0994. The van der Waals surface area contributed by atoms with Crippen LogP contribution in [0.2, 0.25) is 0 Å². The van der Waals surface area contributed by atoms with Crippen LogP contribution in [-0.4, -0.2) is 21.8 Å². The van der Waals surface area contributed by atoms with Gasteiger partial charge in [0, 0.05) is 17.1 Å². The van der Waals surface area contributed by atoms with Crippen LogP contribution in [0.3, 0.4) is 0 Å². The standard InChI is InChI=1S/C13H10N4O3S/c14-11(18)9-3-8(4-15-9)10-6-21-13(16-10)17-12(19)7-1-2-20-5-7/h1-6,15H,(H2,14,18)(H,16,17,19). The Kier molecular flexibility index (Phi) is 3.28. The summed E-state index contributed by atoms with van der Waals surface area (Å²) in [5, 5.41) is 4.90. The number of nitrogens with one attached hydrogen (secondary N) is 2. The van der Waals surface area contributed by atoms with Crippen LogP contribution < -0.4 is 11.1 Å². The first-order valence-electron chi connectivity index (χ1n) is 5.91. The smallest absolute Gasteiger partial charge is 0.265 e. The number of furan rings is 1. The molecule has 0 aliphatic heterocycles. The minimum absolute atomic E-state index is 0.295. The topological polar surface area (TPSA) is 114 Å². The lowest BCUT2D eigenvalue weighted by atomic mass is 10.2. The maximum absolute atomic E-state index is 11.8. The second kappa shape index (κ2) is 5.25. The molecule has 4 N–H and O–H groups in total. The lowest BCUT2D eigenvalue weighted by Gasteiger charge is -1.97. The first kappa shape index (κ1) is 13.1. The van der Waals surface area contributed by atoms with Crippen molar-refractivity contribution in [3.8, 4) is 11.3 Å². The summed E-state index contributed by atoms with van der Waals surface area (Å²) in [6, 6.07) is 3.17. The van der Waals surface area contributed by atoms with Gasteiger partial charge in [-0.15, -0.1) is 11.3 Å². The van der Waals surface area contributed by atoms with Crippen LogP contribution in [0.25, 0.3) is 11.3 Å². The molecule has 0 bridgehead atoms. The number of rotatable bonds is 4. The number of anilines is 1. The summed E-state index contributed by atoms with van der Waals surface area (Å²) in [6.07, 6.45) is 4.42. The molecule has 21 heavy (non-hydrogen) atoms. The normalized spacial score (nSPS) is 10.5. The summed E-state index contributed by atoms with van der Waals surface area (Å²) in [5.41, 5.74) is 7.28. The van der Waals surface area contributed by atoms with Gasteiger partial charge in [-0.3, -0.25) is 14.9 Å². The second-order valence-corrected chi connectivity index (χ2v) is 5.03. The van der Waals surface area contributed by atoms with Gasteiger partial charge in [0.15, 0.2) is 5.13 Å². The number of primary amides is 1. The quantitative estimate of drug-likeness (QED) is 0.684. The number of nitrogens with two attached hydrogens (primary N) is 1. The molecule has 3 aromatic heterocycles. The van der Waals surface area contributed by atoms with E-state index in [1.807, 2.05) is 0 Å². The Morgan fingerprint density at radius 3 is 2.95 bits per heavy atom.